The molecular formula is C25H24ClF4N5O. The van der Waals surface area contributed by atoms with Crippen LogP contribution < -0.4 is 5.32 Å². The van der Waals surface area contributed by atoms with Gasteiger partial charge in [-0.2, -0.15) is 18.3 Å². The number of nitrogens with one attached hydrogen (secondary N) is 1. The average Bonchev–Trinajstić information content (AvgIpc) is 3.20. The third-order valence-corrected chi connectivity index (χ3v) is 7.04. The second-order valence-corrected chi connectivity index (χ2v) is 9.43. The summed E-state index contributed by atoms with van der Waals surface area (Å²) in [5, 5.41) is 6.88. The summed E-state index contributed by atoms with van der Waals surface area (Å²) in [5.74, 6) is -1.05. The molecule has 2 aliphatic heterocycles. The first-order valence-corrected chi connectivity index (χ1v) is 12.0. The maximum Gasteiger partial charge on any atom is 0.410 e. The van der Waals surface area contributed by atoms with Crippen LogP contribution in [0, 0.1) is 5.82 Å². The Morgan fingerprint density at radius 1 is 1.03 bits per heavy atom. The Morgan fingerprint density at radius 3 is 2.33 bits per heavy atom. The third kappa shape index (κ3) is 4.92. The zero-order valence-corrected chi connectivity index (χ0v) is 19.9. The van der Waals surface area contributed by atoms with Gasteiger partial charge in [0.15, 0.2) is 11.7 Å². The minimum Gasteiger partial charge on any atom is -0.362 e. The molecule has 2 atom stereocenters. The number of carbonyl (C=O) groups excluding carboxylic acids is 1. The van der Waals surface area contributed by atoms with E-state index in [-0.39, 0.29) is 23.0 Å². The summed E-state index contributed by atoms with van der Waals surface area (Å²) < 4.78 is 56.1. The van der Waals surface area contributed by atoms with Gasteiger partial charge < -0.3 is 10.2 Å². The predicted octanol–water partition coefficient (Wildman–Crippen LogP) is 5.29. The van der Waals surface area contributed by atoms with Gasteiger partial charge >= 0.3 is 6.18 Å². The number of fused-ring (bicyclic) bond motifs is 1. The number of carbonyl (C=O) groups is 1. The summed E-state index contributed by atoms with van der Waals surface area (Å²) >= 11 is 6.45. The number of piperazine rings is 1. The summed E-state index contributed by atoms with van der Waals surface area (Å²) in [6, 6.07) is 12.5. The van der Waals surface area contributed by atoms with Gasteiger partial charge in [0.1, 0.15) is 16.7 Å². The standard InChI is InChI=1S/C25H24ClF4N5O/c26-21-22(24(36)34-12-10-33(11-13-34)15-16-4-2-1-3-5-16)32-35-20(25(28,29)30)14-19(31-23(21)35)17-6-8-18(27)9-7-17/h1-9,19-20,31H,10-15H2/t19-,20+/m1/s1. The van der Waals surface area contributed by atoms with Crippen molar-refractivity contribution in [3.8, 4) is 0 Å². The van der Waals surface area contributed by atoms with Gasteiger partial charge in [0.2, 0.25) is 0 Å². The van der Waals surface area contributed by atoms with Gasteiger partial charge in [0.05, 0.1) is 6.04 Å². The number of hydrogen-bond donors (Lipinski definition) is 1. The molecule has 36 heavy (non-hydrogen) atoms. The molecule has 1 saturated heterocycles. The van der Waals surface area contributed by atoms with Crippen molar-refractivity contribution in [1.29, 1.82) is 0 Å². The van der Waals surface area contributed by atoms with Crippen molar-refractivity contribution in [2.24, 2.45) is 0 Å². The number of hydrogen-bond acceptors (Lipinski definition) is 4. The molecule has 6 nitrogen and oxygen atoms in total. The molecule has 0 radical (unpaired) electrons. The number of nitrogens with zero attached hydrogens (tertiary/aromatic N) is 4. The highest BCUT2D eigenvalue weighted by Crippen LogP contribution is 2.46. The van der Waals surface area contributed by atoms with E-state index >= 15 is 0 Å². The first-order chi connectivity index (χ1) is 17.2. The van der Waals surface area contributed by atoms with Crippen molar-refractivity contribution in [3.05, 3.63) is 82.3 Å². The molecule has 1 amide bonds. The molecular weight excluding hydrogens is 498 g/mol. The molecule has 1 aromatic heterocycles. The Labute approximate surface area is 210 Å². The van der Waals surface area contributed by atoms with Crippen LogP contribution in [0.4, 0.5) is 23.4 Å². The lowest BCUT2D eigenvalue weighted by Crippen LogP contribution is -2.48. The van der Waals surface area contributed by atoms with Crippen LogP contribution in [0.5, 0.6) is 0 Å². The van der Waals surface area contributed by atoms with Crippen molar-refractivity contribution in [3.63, 3.8) is 0 Å². The molecule has 0 spiro atoms. The number of anilines is 1. The number of aromatic nitrogens is 2. The quantitative estimate of drug-likeness (QED) is 0.474. The third-order valence-electron chi connectivity index (χ3n) is 6.68. The van der Waals surface area contributed by atoms with E-state index in [2.05, 4.69) is 15.3 Å². The normalized spacial score (nSPS) is 20.6. The van der Waals surface area contributed by atoms with E-state index in [1.807, 2.05) is 30.3 Å². The topological polar surface area (TPSA) is 53.4 Å². The van der Waals surface area contributed by atoms with E-state index in [0.29, 0.717) is 31.7 Å². The maximum absolute atomic E-state index is 14.0. The van der Waals surface area contributed by atoms with Crippen LogP contribution in [-0.4, -0.2) is 57.8 Å². The molecule has 1 fully saturated rings. The molecule has 0 bridgehead atoms. The largest absolute Gasteiger partial charge is 0.410 e. The van der Waals surface area contributed by atoms with Gasteiger partial charge in [-0.25, -0.2) is 9.07 Å². The SMILES string of the molecule is O=C(c1nn2c(c1Cl)N[C@@H](c1ccc(F)cc1)C[C@H]2C(F)(F)F)N1CCN(Cc2ccccc2)CC1. The lowest BCUT2D eigenvalue weighted by Gasteiger charge is -2.34. The Kier molecular flexibility index (Phi) is 6.65. The minimum atomic E-state index is -4.62. The summed E-state index contributed by atoms with van der Waals surface area (Å²) in [6.07, 6.45) is -4.99. The van der Waals surface area contributed by atoms with Gasteiger partial charge in [-0.1, -0.05) is 54.1 Å². The number of alkyl halides is 3. The van der Waals surface area contributed by atoms with Gasteiger partial charge in [0, 0.05) is 39.1 Å². The molecule has 2 aromatic carbocycles. The van der Waals surface area contributed by atoms with Crippen LogP contribution in [0.15, 0.2) is 54.6 Å². The monoisotopic (exact) mass is 521 g/mol. The van der Waals surface area contributed by atoms with Crippen LogP contribution in [-0.2, 0) is 6.54 Å². The first-order valence-electron chi connectivity index (χ1n) is 11.6. The van der Waals surface area contributed by atoms with Gasteiger partial charge in [-0.3, -0.25) is 9.69 Å². The number of benzene rings is 2. The Balaban J connectivity index is 1.35. The molecule has 0 unspecified atom stereocenters. The fourth-order valence-corrected chi connectivity index (χ4v) is 5.00. The van der Waals surface area contributed by atoms with E-state index < -0.39 is 30.0 Å². The smallest absolute Gasteiger partial charge is 0.362 e. The fourth-order valence-electron chi connectivity index (χ4n) is 4.74. The highest BCUT2D eigenvalue weighted by atomic mass is 35.5. The molecule has 0 aliphatic carbocycles. The van der Waals surface area contributed by atoms with Crippen LogP contribution >= 0.6 is 11.6 Å². The van der Waals surface area contributed by atoms with Crippen LogP contribution in [0.25, 0.3) is 0 Å². The summed E-state index contributed by atoms with van der Waals surface area (Å²) in [5.41, 5.74) is 1.45. The second-order valence-electron chi connectivity index (χ2n) is 9.05. The van der Waals surface area contributed by atoms with Crippen molar-refractivity contribution in [1.82, 2.24) is 19.6 Å². The van der Waals surface area contributed by atoms with Crippen molar-refractivity contribution >= 4 is 23.3 Å². The molecule has 1 N–H and O–H groups in total. The van der Waals surface area contributed by atoms with E-state index in [0.717, 1.165) is 11.2 Å². The average molecular weight is 522 g/mol. The minimum absolute atomic E-state index is 0.0642. The summed E-state index contributed by atoms with van der Waals surface area (Å²) in [4.78, 5) is 17.0. The lowest BCUT2D eigenvalue weighted by molar-refractivity contribution is -0.173. The zero-order chi connectivity index (χ0) is 25.4. The number of rotatable bonds is 4. The second kappa shape index (κ2) is 9.74. The summed E-state index contributed by atoms with van der Waals surface area (Å²) in [6.45, 7) is 2.84. The van der Waals surface area contributed by atoms with Gasteiger partial charge in [-0.05, 0) is 23.3 Å². The number of amides is 1. The van der Waals surface area contributed by atoms with Crippen LogP contribution in [0.2, 0.25) is 5.02 Å². The summed E-state index contributed by atoms with van der Waals surface area (Å²) in [7, 11) is 0. The van der Waals surface area contributed by atoms with E-state index in [1.165, 1.54) is 29.8 Å². The molecule has 3 heterocycles. The van der Waals surface area contributed by atoms with Crippen LogP contribution in [0.3, 0.4) is 0 Å². The molecule has 190 valence electrons. The Hall–Kier alpha value is -3.11. The highest BCUT2D eigenvalue weighted by molar-refractivity contribution is 6.36. The highest BCUT2D eigenvalue weighted by Gasteiger charge is 2.48. The van der Waals surface area contributed by atoms with Crippen molar-refractivity contribution in [2.75, 3.05) is 31.5 Å². The molecule has 5 rings (SSSR count). The van der Waals surface area contributed by atoms with E-state index in [1.54, 1.807) is 4.90 Å². The number of halogens is 5. The van der Waals surface area contributed by atoms with E-state index in [4.69, 9.17) is 11.6 Å². The Bertz CT molecular complexity index is 1220. The van der Waals surface area contributed by atoms with Gasteiger partial charge in [-0.15, -0.1) is 0 Å². The molecule has 2 aliphatic rings. The predicted molar refractivity (Wildman–Crippen MR) is 127 cm³/mol. The zero-order valence-electron chi connectivity index (χ0n) is 19.2. The van der Waals surface area contributed by atoms with Crippen molar-refractivity contribution < 1.29 is 22.4 Å². The molecule has 3 aromatic rings. The van der Waals surface area contributed by atoms with Gasteiger partial charge in [0.25, 0.3) is 5.91 Å². The first kappa shape index (κ1) is 24.6. The van der Waals surface area contributed by atoms with Crippen molar-refractivity contribution in [2.45, 2.75) is 31.2 Å². The molecule has 0 saturated carbocycles. The lowest BCUT2D eigenvalue weighted by atomic mass is 9.97. The maximum atomic E-state index is 14.0. The van der Waals surface area contributed by atoms with E-state index in [9.17, 15) is 22.4 Å². The van der Waals surface area contributed by atoms with Crippen LogP contribution in [0.1, 0.15) is 40.1 Å². The Morgan fingerprint density at radius 2 is 1.69 bits per heavy atom. The fraction of sp³-hybridized carbons (Fsp3) is 0.360. The molecule has 11 heteroatoms.